The Morgan fingerprint density at radius 2 is 1.72 bits per heavy atom. The van der Waals surface area contributed by atoms with E-state index in [9.17, 15) is 13.2 Å². The van der Waals surface area contributed by atoms with Crippen LogP contribution in [0.25, 0.3) is 17.3 Å². The van der Waals surface area contributed by atoms with Crippen molar-refractivity contribution in [3.8, 4) is 11.3 Å². The molecule has 0 fully saturated rings. The molecule has 0 unspecified atom stereocenters. The fourth-order valence-corrected chi connectivity index (χ4v) is 1.64. The van der Waals surface area contributed by atoms with Gasteiger partial charge in [-0.25, -0.2) is 0 Å². The first-order valence-corrected chi connectivity index (χ1v) is 5.27. The van der Waals surface area contributed by atoms with Gasteiger partial charge >= 0.3 is 6.18 Å². The third-order valence-corrected chi connectivity index (χ3v) is 2.53. The Balaban J connectivity index is 2.53. The van der Waals surface area contributed by atoms with Gasteiger partial charge < -0.3 is 0 Å². The van der Waals surface area contributed by atoms with Crippen LogP contribution in [-0.2, 0) is 6.18 Å². The molecule has 1 heterocycles. The van der Waals surface area contributed by atoms with E-state index in [1.807, 2.05) is 0 Å². The second-order valence-electron chi connectivity index (χ2n) is 3.72. The molecule has 2 rings (SSSR count). The molecule has 1 nitrogen and oxygen atoms in total. The van der Waals surface area contributed by atoms with E-state index in [-0.39, 0.29) is 5.69 Å². The van der Waals surface area contributed by atoms with Crippen LogP contribution in [0.15, 0.2) is 49.2 Å². The summed E-state index contributed by atoms with van der Waals surface area (Å²) in [6.45, 7) is 3.59. The fourth-order valence-electron chi connectivity index (χ4n) is 1.64. The quantitative estimate of drug-likeness (QED) is 0.768. The lowest BCUT2D eigenvalue weighted by Gasteiger charge is -2.11. The maximum atomic E-state index is 12.8. The summed E-state index contributed by atoms with van der Waals surface area (Å²) in [5, 5.41) is 0. The SMILES string of the molecule is C=Cc1ccc(-c2ncccc2C(F)(F)F)cc1. The first-order chi connectivity index (χ1) is 8.52. The highest BCUT2D eigenvalue weighted by atomic mass is 19.4. The zero-order valence-corrected chi connectivity index (χ0v) is 9.41. The van der Waals surface area contributed by atoms with Crippen LogP contribution in [-0.4, -0.2) is 4.98 Å². The van der Waals surface area contributed by atoms with Crippen LogP contribution in [0, 0.1) is 0 Å². The Kier molecular flexibility index (Phi) is 3.19. The minimum atomic E-state index is -4.40. The molecule has 0 aliphatic heterocycles. The first-order valence-electron chi connectivity index (χ1n) is 5.27. The van der Waals surface area contributed by atoms with Crippen molar-refractivity contribution in [1.82, 2.24) is 4.98 Å². The maximum Gasteiger partial charge on any atom is 0.418 e. The molecule has 0 aliphatic carbocycles. The van der Waals surface area contributed by atoms with Crippen LogP contribution in [0.2, 0.25) is 0 Å². The molecule has 0 atom stereocenters. The predicted octanol–water partition coefficient (Wildman–Crippen LogP) is 4.41. The van der Waals surface area contributed by atoms with Crippen molar-refractivity contribution < 1.29 is 13.2 Å². The van der Waals surface area contributed by atoms with Gasteiger partial charge in [-0.15, -0.1) is 0 Å². The van der Waals surface area contributed by atoms with E-state index in [0.29, 0.717) is 5.56 Å². The molecule has 0 amide bonds. The molecule has 1 aromatic carbocycles. The molecule has 4 heteroatoms. The zero-order valence-electron chi connectivity index (χ0n) is 9.41. The van der Waals surface area contributed by atoms with Gasteiger partial charge in [0.25, 0.3) is 0 Å². The number of aromatic nitrogens is 1. The molecule has 0 saturated carbocycles. The normalized spacial score (nSPS) is 11.3. The third kappa shape index (κ3) is 2.42. The minimum Gasteiger partial charge on any atom is -0.256 e. The summed E-state index contributed by atoms with van der Waals surface area (Å²) in [6.07, 6.45) is -1.42. The van der Waals surface area contributed by atoms with Gasteiger partial charge in [0.2, 0.25) is 0 Å². The molecular formula is C14H10F3N. The average Bonchev–Trinajstić information content (AvgIpc) is 2.38. The smallest absolute Gasteiger partial charge is 0.256 e. The van der Waals surface area contributed by atoms with Crippen LogP contribution < -0.4 is 0 Å². The molecule has 1 aromatic heterocycles. The Bertz CT molecular complexity index is 556. The number of nitrogens with zero attached hydrogens (tertiary/aromatic N) is 1. The topological polar surface area (TPSA) is 12.9 Å². The largest absolute Gasteiger partial charge is 0.418 e. The van der Waals surface area contributed by atoms with Gasteiger partial charge in [-0.05, 0) is 17.7 Å². The van der Waals surface area contributed by atoms with Crippen molar-refractivity contribution in [2.24, 2.45) is 0 Å². The summed E-state index contributed by atoms with van der Waals surface area (Å²) in [5.74, 6) is 0. The lowest BCUT2D eigenvalue weighted by atomic mass is 10.0. The average molecular weight is 249 g/mol. The Hall–Kier alpha value is -2.10. The monoisotopic (exact) mass is 249 g/mol. The summed E-state index contributed by atoms with van der Waals surface area (Å²) in [6, 6.07) is 8.94. The number of halogens is 3. The third-order valence-electron chi connectivity index (χ3n) is 2.53. The standard InChI is InChI=1S/C14H10F3N/c1-2-10-5-7-11(8-6-10)13-12(14(15,16)17)4-3-9-18-13/h2-9H,1H2. The van der Waals surface area contributed by atoms with Gasteiger partial charge in [-0.2, -0.15) is 13.2 Å². The molecule has 2 aromatic rings. The number of pyridine rings is 1. The van der Waals surface area contributed by atoms with E-state index in [1.54, 1.807) is 30.3 Å². The summed E-state index contributed by atoms with van der Waals surface area (Å²) >= 11 is 0. The highest BCUT2D eigenvalue weighted by molar-refractivity contribution is 5.65. The summed E-state index contributed by atoms with van der Waals surface area (Å²) in [5.41, 5.74) is 0.508. The van der Waals surface area contributed by atoms with Crippen molar-refractivity contribution >= 4 is 6.08 Å². The molecule has 0 spiro atoms. The van der Waals surface area contributed by atoms with Gasteiger partial charge in [0.1, 0.15) is 0 Å². The summed E-state index contributed by atoms with van der Waals surface area (Å²) in [4.78, 5) is 3.83. The number of hydrogen-bond acceptors (Lipinski definition) is 1. The van der Waals surface area contributed by atoms with E-state index in [1.165, 1.54) is 12.3 Å². The predicted molar refractivity (Wildman–Crippen MR) is 64.8 cm³/mol. The van der Waals surface area contributed by atoms with Crippen LogP contribution in [0.1, 0.15) is 11.1 Å². The van der Waals surface area contributed by atoms with Crippen molar-refractivity contribution in [2.75, 3.05) is 0 Å². The lowest BCUT2D eigenvalue weighted by molar-refractivity contribution is -0.137. The molecule has 0 aliphatic rings. The van der Waals surface area contributed by atoms with E-state index >= 15 is 0 Å². The molecular weight excluding hydrogens is 239 g/mol. The van der Waals surface area contributed by atoms with E-state index < -0.39 is 11.7 Å². The van der Waals surface area contributed by atoms with Crippen molar-refractivity contribution in [3.63, 3.8) is 0 Å². The van der Waals surface area contributed by atoms with E-state index in [4.69, 9.17) is 0 Å². The van der Waals surface area contributed by atoms with E-state index in [2.05, 4.69) is 11.6 Å². The second kappa shape index (κ2) is 4.64. The molecule has 0 saturated heterocycles. The Morgan fingerprint density at radius 1 is 1.06 bits per heavy atom. The van der Waals surface area contributed by atoms with Gasteiger partial charge in [-0.1, -0.05) is 36.9 Å². The highest BCUT2D eigenvalue weighted by Gasteiger charge is 2.34. The molecule has 92 valence electrons. The number of benzene rings is 1. The van der Waals surface area contributed by atoms with Crippen LogP contribution >= 0.6 is 0 Å². The van der Waals surface area contributed by atoms with Gasteiger partial charge in [0, 0.05) is 11.8 Å². The second-order valence-corrected chi connectivity index (χ2v) is 3.72. The summed E-state index contributed by atoms with van der Waals surface area (Å²) < 4.78 is 38.5. The zero-order chi connectivity index (χ0) is 13.2. The van der Waals surface area contributed by atoms with Crippen LogP contribution in [0.3, 0.4) is 0 Å². The van der Waals surface area contributed by atoms with Crippen LogP contribution in [0.5, 0.6) is 0 Å². The Morgan fingerprint density at radius 3 is 2.28 bits per heavy atom. The Labute approximate surface area is 103 Å². The first kappa shape index (κ1) is 12.4. The minimum absolute atomic E-state index is 0.0550. The van der Waals surface area contributed by atoms with Gasteiger partial charge in [0.05, 0.1) is 11.3 Å². The van der Waals surface area contributed by atoms with Crippen molar-refractivity contribution in [3.05, 3.63) is 60.3 Å². The highest BCUT2D eigenvalue weighted by Crippen LogP contribution is 2.35. The van der Waals surface area contributed by atoms with Crippen LogP contribution in [0.4, 0.5) is 13.2 Å². The van der Waals surface area contributed by atoms with Gasteiger partial charge in [0.15, 0.2) is 0 Å². The van der Waals surface area contributed by atoms with Gasteiger partial charge in [-0.3, -0.25) is 4.98 Å². The maximum absolute atomic E-state index is 12.8. The molecule has 0 N–H and O–H groups in total. The van der Waals surface area contributed by atoms with E-state index in [0.717, 1.165) is 11.6 Å². The lowest BCUT2D eigenvalue weighted by Crippen LogP contribution is -2.08. The molecule has 0 radical (unpaired) electrons. The molecule has 0 bridgehead atoms. The fraction of sp³-hybridized carbons (Fsp3) is 0.0714. The number of hydrogen-bond donors (Lipinski definition) is 0. The van der Waals surface area contributed by atoms with Crippen molar-refractivity contribution in [2.45, 2.75) is 6.18 Å². The summed E-state index contributed by atoms with van der Waals surface area (Å²) in [7, 11) is 0. The number of alkyl halides is 3. The van der Waals surface area contributed by atoms with Crippen molar-refractivity contribution in [1.29, 1.82) is 0 Å². The number of rotatable bonds is 2. The molecule has 18 heavy (non-hydrogen) atoms.